The van der Waals surface area contributed by atoms with Crippen molar-refractivity contribution in [3.05, 3.63) is 23.9 Å². The lowest BCUT2D eigenvalue weighted by molar-refractivity contribution is 0.305. The number of guanidine groups is 1. The number of nitrogens with zero attached hydrogens (tertiary/aromatic N) is 2. The lowest BCUT2D eigenvalue weighted by Crippen LogP contribution is -2.37. The van der Waals surface area contributed by atoms with E-state index in [1.807, 2.05) is 18.3 Å². The Hall–Kier alpha value is -1.78. The first-order valence-corrected chi connectivity index (χ1v) is 7.32. The van der Waals surface area contributed by atoms with E-state index in [2.05, 4.69) is 34.5 Å². The van der Waals surface area contributed by atoms with Gasteiger partial charge in [-0.2, -0.15) is 0 Å². The molecule has 0 saturated heterocycles. The van der Waals surface area contributed by atoms with Gasteiger partial charge in [-0.15, -0.1) is 0 Å². The summed E-state index contributed by atoms with van der Waals surface area (Å²) in [5.41, 5.74) is 1.10. The fraction of sp³-hybridized carbons (Fsp3) is 0.600. The Morgan fingerprint density at radius 2 is 2.10 bits per heavy atom. The summed E-state index contributed by atoms with van der Waals surface area (Å²) in [6.07, 6.45) is 5.14. The van der Waals surface area contributed by atoms with E-state index < -0.39 is 0 Å². The number of pyridine rings is 1. The van der Waals surface area contributed by atoms with Gasteiger partial charge in [0.25, 0.3) is 0 Å². The third-order valence-electron chi connectivity index (χ3n) is 2.76. The van der Waals surface area contributed by atoms with Crippen LogP contribution < -0.4 is 15.4 Å². The summed E-state index contributed by atoms with van der Waals surface area (Å²) in [5.74, 6) is 1.51. The fourth-order valence-corrected chi connectivity index (χ4v) is 1.60. The monoisotopic (exact) mass is 278 g/mol. The zero-order chi connectivity index (χ0) is 14.6. The molecule has 0 unspecified atom stereocenters. The molecular weight excluding hydrogens is 252 g/mol. The molecule has 112 valence electrons. The second kappa shape index (κ2) is 10.1. The normalized spacial score (nSPS) is 11.2. The van der Waals surface area contributed by atoms with E-state index in [0.717, 1.165) is 30.9 Å². The van der Waals surface area contributed by atoms with E-state index in [1.54, 1.807) is 7.05 Å². The zero-order valence-corrected chi connectivity index (χ0v) is 12.8. The van der Waals surface area contributed by atoms with Crippen LogP contribution in [0.4, 0.5) is 0 Å². The van der Waals surface area contributed by atoms with Gasteiger partial charge in [0.05, 0.1) is 6.61 Å². The first-order valence-electron chi connectivity index (χ1n) is 7.32. The lowest BCUT2D eigenvalue weighted by Gasteiger charge is -2.11. The van der Waals surface area contributed by atoms with Crippen LogP contribution in [0.5, 0.6) is 5.88 Å². The van der Waals surface area contributed by atoms with Crippen molar-refractivity contribution in [2.45, 2.75) is 39.7 Å². The number of ether oxygens (including phenoxy) is 1. The summed E-state index contributed by atoms with van der Waals surface area (Å²) in [6, 6.07) is 3.92. The molecule has 0 aromatic carbocycles. The molecule has 0 radical (unpaired) electrons. The van der Waals surface area contributed by atoms with Crippen LogP contribution in [-0.4, -0.2) is 31.1 Å². The van der Waals surface area contributed by atoms with Crippen LogP contribution in [0.25, 0.3) is 0 Å². The summed E-state index contributed by atoms with van der Waals surface area (Å²) >= 11 is 0. The van der Waals surface area contributed by atoms with Crippen molar-refractivity contribution >= 4 is 5.96 Å². The number of aliphatic imine (C=N–C) groups is 1. The van der Waals surface area contributed by atoms with Crippen molar-refractivity contribution in [3.63, 3.8) is 0 Å². The van der Waals surface area contributed by atoms with Gasteiger partial charge in [0.1, 0.15) is 0 Å². The number of rotatable bonds is 8. The minimum Gasteiger partial charge on any atom is -0.478 e. The number of hydrogen-bond acceptors (Lipinski definition) is 3. The van der Waals surface area contributed by atoms with Gasteiger partial charge >= 0.3 is 0 Å². The van der Waals surface area contributed by atoms with Crippen LogP contribution in [0.3, 0.4) is 0 Å². The molecule has 1 rings (SSSR count). The largest absolute Gasteiger partial charge is 0.478 e. The summed E-state index contributed by atoms with van der Waals surface area (Å²) < 4.78 is 5.45. The smallest absolute Gasteiger partial charge is 0.213 e. The van der Waals surface area contributed by atoms with Crippen molar-refractivity contribution in [1.29, 1.82) is 0 Å². The molecule has 0 saturated carbocycles. The molecule has 1 aromatic heterocycles. The molecule has 20 heavy (non-hydrogen) atoms. The van der Waals surface area contributed by atoms with Gasteiger partial charge in [-0.1, -0.05) is 26.3 Å². The van der Waals surface area contributed by atoms with E-state index in [-0.39, 0.29) is 0 Å². The van der Waals surface area contributed by atoms with Crippen LogP contribution in [0, 0.1) is 0 Å². The standard InChI is InChI=1S/C15H26N4O/c1-4-6-9-17-15(16-3)19-12-13-7-8-14(18-11-13)20-10-5-2/h7-8,11H,4-6,9-10,12H2,1-3H3,(H2,16,17,19). The molecule has 0 atom stereocenters. The Morgan fingerprint density at radius 1 is 1.25 bits per heavy atom. The highest BCUT2D eigenvalue weighted by Gasteiger charge is 1.99. The first kappa shape index (κ1) is 16.3. The van der Waals surface area contributed by atoms with Crippen LogP contribution in [-0.2, 0) is 6.54 Å². The Kier molecular flexibility index (Phi) is 8.19. The third kappa shape index (κ3) is 6.41. The van der Waals surface area contributed by atoms with Crippen LogP contribution >= 0.6 is 0 Å². The van der Waals surface area contributed by atoms with E-state index in [0.29, 0.717) is 19.0 Å². The van der Waals surface area contributed by atoms with Gasteiger partial charge in [-0.25, -0.2) is 4.98 Å². The number of hydrogen-bond donors (Lipinski definition) is 2. The predicted octanol–water partition coefficient (Wildman–Crippen LogP) is 2.34. The van der Waals surface area contributed by atoms with Gasteiger partial charge in [-0.3, -0.25) is 4.99 Å². The molecule has 1 heterocycles. The fourth-order valence-electron chi connectivity index (χ4n) is 1.60. The minimum atomic E-state index is 0.682. The molecule has 0 amide bonds. The molecule has 5 nitrogen and oxygen atoms in total. The molecule has 0 aliphatic heterocycles. The number of nitrogens with one attached hydrogen (secondary N) is 2. The summed E-state index contributed by atoms with van der Waals surface area (Å²) in [5, 5.41) is 6.54. The van der Waals surface area contributed by atoms with Gasteiger partial charge in [0, 0.05) is 32.4 Å². The average molecular weight is 278 g/mol. The summed E-state index contributed by atoms with van der Waals surface area (Å²) in [6.45, 7) is 6.60. The Balaban J connectivity index is 2.36. The van der Waals surface area contributed by atoms with Gasteiger partial charge in [-0.05, 0) is 18.4 Å². The molecule has 2 N–H and O–H groups in total. The molecule has 1 aromatic rings. The van der Waals surface area contributed by atoms with E-state index in [4.69, 9.17) is 4.74 Å². The zero-order valence-electron chi connectivity index (χ0n) is 12.8. The predicted molar refractivity (Wildman–Crippen MR) is 83.1 cm³/mol. The summed E-state index contributed by atoms with van der Waals surface area (Å²) in [7, 11) is 1.78. The maximum absolute atomic E-state index is 5.45. The molecule has 0 fully saturated rings. The SMILES string of the molecule is CCCCNC(=NC)NCc1ccc(OCCC)nc1. The highest BCUT2D eigenvalue weighted by molar-refractivity contribution is 5.79. The Bertz CT molecular complexity index is 389. The van der Waals surface area contributed by atoms with Crippen LogP contribution in [0.2, 0.25) is 0 Å². The lowest BCUT2D eigenvalue weighted by atomic mass is 10.3. The topological polar surface area (TPSA) is 58.5 Å². The van der Waals surface area contributed by atoms with Gasteiger partial charge in [0.15, 0.2) is 5.96 Å². The maximum atomic E-state index is 5.45. The van der Waals surface area contributed by atoms with E-state index >= 15 is 0 Å². The maximum Gasteiger partial charge on any atom is 0.213 e. The quantitative estimate of drug-likeness (QED) is 0.435. The van der Waals surface area contributed by atoms with E-state index in [9.17, 15) is 0 Å². The second-order valence-corrected chi connectivity index (χ2v) is 4.56. The minimum absolute atomic E-state index is 0.682. The van der Waals surface area contributed by atoms with Crippen molar-refractivity contribution < 1.29 is 4.74 Å². The molecule has 0 aliphatic carbocycles. The van der Waals surface area contributed by atoms with Crippen LogP contribution in [0.15, 0.2) is 23.3 Å². The highest BCUT2D eigenvalue weighted by Crippen LogP contribution is 2.07. The van der Waals surface area contributed by atoms with Gasteiger partial charge < -0.3 is 15.4 Å². The number of aromatic nitrogens is 1. The molecule has 0 aliphatic rings. The van der Waals surface area contributed by atoms with Crippen LogP contribution in [0.1, 0.15) is 38.7 Å². The Labute approximate surface area is 121 Å². The molecular formula is C15H26N4O. The molecule has 0 bridgehead atoms. The average Bonchev–Trinajstić information content (AvgIpc) is 2.49. The van der Waals surface area contributed by atoms with E-state index in [1.165, 1.54) is 6.42 Å². The van der Waals surface area contributed by atoms with Crippen molar-refractivity contribution in [1.82, 2.24) is 15.6 Å². The summed E-state index contributed by atoms with van der Waals surface area (Å²) in [4.78, 5) is 8.46. The highest BCUT2D eigenvalue weighted by atomic mass is 16.5. The molecule has 5 heteroatoms. The van der Waals surface area contributed by atoms with Crippen molar-refractivity contribution in [3.8, 4) is 5.88 Å². The van der Waals surface area contributed by atoms with Crippen molar-refractivity contribution in [2.24, 2.45) is 4.99 Å². The molecule has 0 spiro atoms. The third-order valence-corrected chi connectivity index (χ3v) is 2.76. The second-order valence-electron chi connectivity index (χ2n) is 4.56. The van der Waals surface area contributed by atoms with Gasteiger partial charge in [0.2, 0.25) is 5.88 Å². The van der Waals surface area contributed by atoms with Crippen molar-refractivity contribution in [2.75, 3.05) is 20.2 Å². The Morgan fingerprint density at radius 3 is 2.70 bits per heavy atom. The number of unbranched alkanes of at least 4 members (excludes halogenated alkanes) is 1. The first-order chi connectivity index (χ1) is 9.80.